The molecule has 0 saturated carbocycles. The molecule has 0 atom stereocenters. The van der Waals surface area contributed by atoms with E-state index in [0.717, 1.165) is 16.8 Å². The number of hydrogen-bond acceptors (Lipinski definition) is 2. The quantitative estimate of drug-likeness (QED) is 0.862. The van der Waals surface area contributed by atoms with E-state index in [-0.39, 0.29) is 5.91 Å². The first-order valence-corrected chi connectivity index (χ1v) is 5.77. The average Bonchev–Trinajstić information content (AvgIpc) is 2.84. The molecule has 0 spiro atoms. The van der Waals surface area contributed by atoms with Crippen molar-refractivity contribution in [1.29, 1.82) is 0 Å². The van der Waals surface area contributed by atoms with Gasteiger partial charge in [0.1, 0.15) is 0 Å². The van der Waals surface area contributed by atoms with Crippen LogP contribution in [0.4, 0.5) is 0 Å². The molecule has 1 amide bonds. The lowest BCUT2D eigenvalue weighted by molar-refractivity contribution is -0.118. The summed E-state index contributed by atoms with van der Waals surface area (Å²) >= 11 is 0. The second-order valence-electron chi connectivity index (χ2n) is 3.91. The number of benzene rings is 1. The van der Waals surface area contributed by atoms with Gasteiger partial charge in [-0.15, -0.1) is 0 Å². The highest BCUT2D eigenvalue weighted by molar-refractivity contribution is 5.74. The summed E-state index contributed by atoms with van der Waals surface area (Å²) in [4.78, 5) is 10.7. The second kappa shape index (κ2) is 5.82. The van der Waals surface area contributed by atoms with Crippen molar-refractivity contribution in [2.45, 2.75) is 6.92 Å². The molecule has 2 rings (SSSR count). The summed E-state index contributed by atoms with van der Waals surface area (Å²) in [5.41, 5.74) is 3.08. The Morgan fingerprint density at radius 1 is 1.39 bits per heavy atom. The smallest absolute Gasteiger partial charge is 0.217 e. The molecule has 0 aliphatic heterocycles. The first-order chi connectivity index (χ1) is 8.77. The fraction of sp³-hybridized carbons (Fsp3) is 0.143. The van der Waals surface area contributed by atoms with Crippen molar-refractivity contribution in [3.05, 3.63) is 48.2 Å². The van der Waals surface area contributed by atoms with Gasteiger partial charge in [0, 0.05) is 24.6 Å². The molecule has 0 bridgehead atoms. The average molecular weight is 241 g/mol. The lowest BCUT2D eigenvalue weighted by atomic mass is 10.1. The third-order valence-corrected chi connectivity index (χ3v) is 2.50. The van der Waals surface area contributed by atoms with Crippen LogP contribution in [0.1, 0.15) is 12.5 Å². The van der Waals surface area contributed by atoms with Gasteiger partial charge in [0.2, 0.25) is 5.91 Å². The Kier molecular flexibility index (Phi) is 3.91. The summed E-state index contributed by atoms with van der Waals surface area (Å²) in [6, 6.07) is 10.0. The molecular weight excluding hydrogens is 226 g/mol. The van der Waals surface area contributed by atoms with Crippen molar-refractivity contribution in [3.8, 4) is 11.3 Å². The summed E-state index contributed by atoms with van der Waals surface area (Å²) < 4.78 is 0. The first-order valence-electron chi connectivity index (χ1n) is 5.77. The maximum Gasteiger partial charge on any atom is 0.217 e. The number of aromatic amines is 1. The molecular formula is C14H15N3O. The van der Waals surface area contributed by atoms with Gasteiger partial charge in [-0.05, 0) is 0 Å². The van der Waals surface area contributed by atoms with Crippen molar-refractivity contribution in [2.24, 2.45) is 0 Å². The predicted octanol–water partition coefficient (Wildman–Crippen LogP) is 2.23. The van der Waals surface area contributed by atoms with Crippen molar-refractivity contribution in [3.63, 3.8) is 0 Å². The zero-order chi connectivity index (χ0) is 12.8. The van der Waals surface area contributed by atoms with Gasteiger partial charge in [-0.25, -0.2) is 0 Å². The summed E-state index contributed by atoms with van der Waals surface area (Å²) in [6.07, 6.45) is 5.62. The Balaban J connectivity index is 2.11. The Morgan fingerprint density at radius 2 is 2.17 bits per heavy atom. The lowest BCUT2D eigenvalue weighted by Gasteiger charge is -1.99. The molecule has 2 N–H and O–H groups in total. The van der Waals surface area contributed by atoms with Crippen LogP contribution in [-0.2, 0) is 4.79 Å². The van der Waals surface area contributed by atoms with E-state index >= 15 is 0 Å². The molecule has 0 radical (unpaired) electrons. The number of H-pyrrole nitrogens is 1. The van der Waals surface area contributed by atoms with Crippen LogP contribution in [0.2, 0.25) is 0 Å². The highest BCUT2D eigenvalue weighted by Gasteiger charge is 2.03. The van der Waals surface area contributed by atoms with Crippen LogP contribution >= 0.6 is 0 Å². The number of carbonyl (C=O) groups excluding carboxylic acids is 1. The van der Waals surface area contributed by atoms with Gasteiger partial charge in [0.05, 0.1) is 11.9 Å². The topological polar surface area (TPSA) is 57.8 Å². The van der Waals surface area contributed by atoms with Crippen molar-refractivity contribution in [2.75, 3.05) is 6.54 Å². The van der Waals surface area contributed by atoms with Crippen LogP contribution in [0.15, 0.2) is 42.6 Å². The number of amides is 1. The second-order valence-corrected chi connectivity index (χ2v) is 3.91. The lowest BCUT2D eigenvalue weighted by Crippen LogP contribution is -2.19. The molecule has 4 heteroatoms. The van der Waals surface area contributed by atoms with Crippen molar-refractivity contribution < 1.29 is 4.79 Å². The summed E-state index contributed by atoms with van der Waals surface area (Å²) in [6.45, 7) is 2.02. The van der Waals surface area contributed by atoms with E-state index in [1.807, 2.05) is 42.5 Å². The number of hydrogen-bond donors (Lipinski definition) is 2. The van der Waals surface area contributed by atoms with Crippen LogP contribution in [0.3, 0.4) is 0 Å². The van der Waals surface area contributed by atoms with Gasteiger partial charge in [-0.3, -0.25) is 9.89 Å². The highest BCUT2D eigenvalue weighted by atomic mass is 16.1. The number of nitrogens with zero attached hydrogens (tertiary/aromatic N) is 1. The van der Waals surface area contributed by atoms with E-state index in [4.69, 9.17) is 0 Å². The standard InChI is InChI=1S/C14H15N3O/c1-11(18)15-9-5-8-13-10-16-17-14(13)12-6-3-2-4-7-12/h2-8,10H,9H2,1H3,(H,15,18)(H,16,17). The normalized spacial score (nSPS) is 10.7. The van der Waals surface area contributed by atoms with Crippen LogP contribution in [-0.4, -0.2) is 22.6 Å². The third kappa shape index (κ3) is 3.07. The molecule has 0 fully saturated rings. The number of carbonyl (C=O) groups is 1. The van der Waals surface area contributed by atoms with Gasteiger partial charge in [0.15, 0.2) is 0 Å². The van der Waals surface area contributed by atoms with Crippen LogP contribution in [0.5, 0.6) is 0 Å². The molecule has 1 aromatic heterocycles. The Hall–Kier alpha value is -2.36. The van der Waals surface area contributed by atoms with Gasteiger partial charge >= 0.3 is 0 Å². The summed E-state index contributed by atoms with van der Waals surface area (Å²) in [5, 5.41) is 9.74. The van der Waals surface area contributed by atoms with Crippen LogP contribution in [0, 0.1) is 0 Å². The number of nitrogens with one attached hydrogen (secondary N) is 2. The zero-order valence-corrected chi connectivity index (χ0v) is 10.2. The molecule has 1 heterocycles. The monoisotopic (exact) mass is 241 g/mol. The molecule has 0 aliphatic carbocycles. The number of aromatic nitrogens is 2. The predicted molar refractivity (Wildman–Crippen MR) is 71.7 cm³/mol. The SMILES string of the molecule is CC(=O)NCC=Cc1cn[nH]c1-c1ccccc1. The maximum atomic E-state index is 10.7. The van der Waals surface area contributed by atoms with Crippen LogP contribution < -0.4 is 5.32 Å². The molecule has 2 aromatic rings. The van der Waals surface area contributed by atoms with E-state index in [9.17, 15) is 4.79 Å². The van der Waals surface area contributed by atoms with E-state index in [0.29, 0.717) is 6.54 Å². The number of rotatable bonds is 4. The van der Waals surface area contributed by atoms with Gasteiger partial charge in [-0.2, -0.15) is 5.10 Å². The van der Waals surface area contributed by atoms with E-state index in [1.165, 1.54) is 6.92 Å². The Labute approximate surface area is 106 Å². The third-order valence-electron chi connectivity index (χ3n) is 2.50. The van der Waals surface area contributed by atoms with Gasteiger partial charge in [-0.1, -0.05) is 42.5 Å². The fourth-order valence-corrected chi connectivity index (χ4v) is 1.65. The summed E-state index contributed by atoms with van der Waals surface area (Å²) in [5.74, 6) is -0.0323. The zero-order valence-electron chi connectivity index (χ0n) is 10.2. The van der Waals surface area contributed by atoms with Crippen molar-refractivity contribution in [1.82, 2.24) is 15.5 Å². The molecule has 0 saturated heterocycles. The van der Waals surface area contributed by atoms with Gasteiger partial charge < -0.3 is 5.32 Å². The van der Waals surface area contributed by atoms with E-state index in [2.05, 4.69) is 15.5 Å². The van der Waals surface area contributed by atoms with E-state index < -0.39 is 0 Å². The minimum absolute atomic E-state index is 0.0323. The van der Waals surface area contributed by atoms with Crippen molar-refractivity contribution >= 4 is 12.0 Å². The fourth-order valence-electron chi connectivity index (χ4n) is 1.65. The van der Waals surface area contributed by atoms with Gasteiger partial charge in [0.25, 0.3) is 0 Å². The minimum atomic E-state index is -0.0323. The Morgan fingerprint density at radius 3 is 2.89 bits per heavy atom. The Bertz CT molecular complexity index is 543. The van der Waals surface area contributed by atoms with E-state index in [1.54, 1.807) is 6.20 Å². The molecule has 92 valence electrons. The molecule has 0 unspecified atom stereocenters. The molecule has 0 aliphatic rings. The first kappa shape index (κ1) is 12.1. The van der Waals surface area contributed by atoms with Crippen LogP contribution in [0.25, 0.3) is 17.3 Å². The molecule has 4 nitrogen and oxygen atoms in total. The summed E-state index contributed by atoms with van der Waals surface area (Å²) in [7, 11) is 0. The largest absolute Gasteiger partial charge is 0.353 e. The highest BCUT2D eigenvalue weighted by Crippen LogP contribution is 2.21. The molecule has 18 heavy (non-hydrogen) atoms. The maximum absolute atomic E-state index is 10.7. The molecule has 1 aromatic carbocycles. The minimum Gasteiger partial charge on any atom is -0.353 e.